The van der Waals surface area contributed by atoms with Gasteiger partial charge < -0.3 is 15.2 Å². The minimum atomic E-state index is -0.0579. The van der Waals surface area contributed by atoms with Crippen LogP contribution in [-0.2, 0) is 11.3 Å². The van der Waals surface area contributed by atoms with Gasteiger partial charge in [-0.2, -0.15) is 11.3 Å². The molecule has 0 aliphatic rings. The number of thiophene rings is 1. The van der Waals surface area contributed by atoms with Gasteiger partial charge >= 0.3 is 0 Å². The van der Waals surface area contributed by atoms with E-state index in [0.717, 1.165) is 23.3 Å². The molecule has 108 valence electrons. The van der Waals surface area contributed by atoms with E-state index >= 15 is 0 Å². The number of hydrogen-bond acceptors (Lipinski definition) is 4. The van der Waals surface area contributed by atoms with E-state index in [2.05, 4.69) is 23.8 Å². The van der Waals surface area contributed by atoms with Gasteiger partial charge in [-0.1, -0.05) is 19.1 Å². The van der Waals surface area contributed by atoms with Gasteiger partial charge in [0.05, 0.1) is 19.8 Å². The molecule has 0 aliphatic heterocycles. The third kappa shape index (κ3) is 3.82. The molecule has 20 heavy (non-hydrogen) atoms. The highest BCUT2D eigenvalue weighted by Crippen LogP contribution is 2.26. The first-order valence-corrected chi connectivity index (χ1v) is 7.71. The fraction of sp³-hybridized carbons (Fsp3) is 0.375. The van der Waals surface area contributed by atoms with Crippen molar-refractivity contribution in [1.29, 1.82) is 0 Å². The first-order chi connectivity index (χ1) is 9.74. The summed E-state index contributed by atoms with van der Waals surface area (Å²) >= 11 is 1.67. The molecule has 3 nitrogen and oxygen atoms in total. The third-order valence-electron chi connectivity index (χ3n) is 3.30. The fourth-order valence-corrected chi connectivity index (χ4v) is 2.75. The van der Waals surface area contributed by atoms with E-state index in [1.165, 1.54) is 0 Å². The summed E-state index contributed by atoms with van der Waals surface area (Å²) < 4.78 is 11.3. The molecule has 2 unspecified atom stereocenters. The van der Waals surface area contributed by atoms with Crippen LogP contribution in [0.2, 0.25) is 0 Å². The van der Waals surface area contributed by atoms with Gasteiger partial charge in [0.25, 0.3) is 0 Å². The van der Waals surface area contributed by atoms with Crippen molar-refractivity contribution in [3.05, 3.63) is 52.2 Å². The molecule has 0 radical (unpaired) electrons. The molecule has 1 heterocycles. The largest absolute Gasteiger partial charge is 0.497 e. The monoisotopic (exact) mass is 291 g/mol. The zero-order chi connectivity index (χ0) is 14.4. The first kappa shape index (κ1) is 15.0. The summed E-state index contributed by atoms with van der Waals surface area (Å²) in [4.78, 5) is 0. The van der Waals surface area contributed by atoms with E-state index in [9.17, 15) is 0 Å². The maximum Gasteiger partial charge on any atom is 0.119 e. The normalized spacial score (nSPS) is 13.9. The van der Waals surface area contributed by atoms with E-state index in [-0.39, 0.29) is 12.1 Å². The highest BCUT2D eigenvalue weighted by molar-refractivity contribution is 7.07. The van der Waals surface area contributed by atoms with Crippen molar-refractivity contribution in [1.82, 2.24) is 0 Å². The molecule has 0 saturated carbocycles. The summed E-state index contributed by atoms with van der Waals surface area (Å²) in [6.45, 7) is 2.62. The van der Waals surface area contributed by atoms with Crippen LogP contribution < -0.4 is 10.5 Å². The number of nitrogens with two attached hydrogens (primary N) is 1. The van der Waals surface area contributed by atoms with Crippen molar-refractivity contribution >= 4 is 11.3 Å². The van der Waals surface area contributed by atoms with Crippen LogP contribution in [0.1, 0.15) is 30.6 Å². The van der Waals surface area contributed by atoms with Crippen molar-refractivity contribution in [2.75, 3.05) is 7.11 Å². The van der Waals surface area contributed by atoms with Gasteiger partial charge in [-0.25, -0.2) is 0 Å². The Morgan fingerprint density at radius 1 is 1.30 bits per heavy atom. The molecule has 2 rings (SSSR count). The molecular formula is C16H21NO2S. The average molecular weight is 291 g/mol. The lowest BCUT2D eigenvalue weighted by atomic mass is 10.0. The van der Waals surface area contributed by atoms with Crippen LogP contribution in [0.3, 0.4) is 0 Å². The topological polar surface area (TPSA) is 44.5 Å². The van der Waals surface area contributed by atoms with Crippen LogP contribution in [0.4, 0.5) is 0 Å². The van der Waals surface area contributed by atoms with Gasteiger partial charge in [0.15, 0.2) is 0 Å². The molecule has 0 saturated heterocycles. The molecule has 1 aromatic carbocycles. The van der Waals surface area contributed by atoms with Gasteiger partial charge in [0, 0.05) is 6.04 Å². The molecule has 1 aromatic heterocycles. The van der Waals surface area contributed by atoms with Crippen molar-refractivity contribution < 1.29 is 9.47 Å². The predicted molar refractivity (Wildman–Crippen MR) is 83.1 cm³/mol. The zero-order valence-electron chi connectivity index (χ0n) is 11.9. The van der Waals surface area contributed by atoms with E-state index in [0.29, 0.717) is 6.61 Å². The molecule has 0 amide bonds. The Bertz CT molecular complexity index is 513. The number of methoxy groups -OCH3 is 1. The lowest BCUT2D eigenvalue weighted by Crippen LogP contribution is -2.29. The van der Waals surface area contributed by atoms with Crippen molar-refractivity contribution in [3.8, 4) is 5.75 Å². The standard InChI is InChI=1S/C16H21NO2S/c1-3-15(17)16(13-7-8-20-11-13)19-10-12-5-4-6-14(9-12)18-2/h4-9,11,15-16H,3,10,17H2,1-2H3. The molecule has 2 atom stereocenters. The molecule has 0 aliphatic carbocycles. The van der Waals surface area contributed by atoms with E-state index in [1.807, 2.05) is 24.3 Å². The Morgan fingerprint density at radius 3 is 2.80 bits per heavy atom. The van der Waals surface area contributed by atoms with E-state index in [1.54, 1.807) is 18.4 Å². The summed E-state index contributed by atoms with van der Waals surface area (Å²) in [5, 5.41) is 4.16. The van der Waals surface area contributed by atoms with Gasteiger partial charge in [0.2, 0.25) is 0 Å². The maximum atomic E-state index is 6.18. The van der Waals surface area contributed by atoms with Gasteiger partial charge in [-0.3, -0.25) is 0 Å². The smallest absolute Gasteiger partial charge is 0.119 e. The zero-order valence-corrected chi connectivity index (χ0v) is 12.7. The highest BCUT2D eigenvalue weighted by Gasteiger charge is 2.19. The number of rotatable bonds is 7. The van der Waals surface area contributed by atoms with Crippen LogP contribution in [0.15, 0.2) is 41.1 Å². The van der Waals surface area contributed by atoms with Crippen molar-refractivity contribution in [2.45, 2.75) is 32.1 Å². The molecular weight excluding hydrogens is 270 g/mol. The Labute approximate surface area is 124 Å². The van der Waals surface area contributed by atoms with E-state index in [4.69, 9.17) is 15.2 Å². The van der Waals surface area contributed by atoms with Crippen molar-refractivity contribution in [3.63, 3.8) is 0 Å². The minimum Gasteiger partial charge on any atom is -0.497 e. The summed E-state index contributed by atoms with van der Waals surface area (Å²) in [6, 6.07) is 10.0. The summed E-state index contributed by atoms with van der Waals surface area (Å²) in [5.41, 5.74) is 8.43. The Kier molecular flexibility index (Phi) is 5.59. The molecule has 0 spiro atoms. The molecule has 4 heteroatoms. The summed E-state index contributed by atoms with van der Waals surface area (Å²) in [6.07, 6.45) is 0.830. The van der Waals surface area contributed by atoms with Crippen LogP contribution in [0.5, 0.6) is 5.75 Å². The van der Waals surface area contributed by atoms with Crippen LogP contribution in [0.25, 0.3) is 0 Å². The number of benzene rings is 1. The van der Waals surface area contributed by atoms with Gasteiger partial charge in [0.1, 0.15) is 5.75 Å². The summed E-state index contributed by atoms with van der Waals surface area (Å²) in [5.74, 6) is 0.845. The van der Waals surface area contributed by atoms with Crippen molar-refractivity contribution in [2.24, 2.45) is 5.73 Å². The molecule has 2 N–H and O–H groups in total. The fourth-order valence-electron chi connectivity index (χ4n) is 2.07. The van der Waals surface area contributed by atoms with Gasteiger partial charge in [-0.05, 0) is 46.5 Å². The molecule has 2 aromatic rings. The van der Waals surface area contributed by atoms with Crippen LogP contribution in [-0.4, -0.2) is 13.2 Å². The molecule has 0 bridgehead atoms. The second kappa shape index (κ2) is 7.43. The third-order valence-corrected chi connectivity index (χ3v) is 4.00. The van der Waals surface area contributed by atoms with Crippen LogP contribution >= 0.6 is 11.3 Å². The lowest BCUT2D eigenvalue weighted by molar-refractivity contribution is 0.0215. The number of ether oxygens (including phenoxy) is 2. The van der Waals surface area contributed by atoms with Crippen LogP contribution in [0, 0.1) is 0 Å². The number of hydrogen-bond donors (Lipinski definition) is 1. The SMILES string of the molecule is CCC(N)C(OCc1cccc(OC)c1)c1ccsc1. The second-order valence-corrected chi connectivity index (χ2v) is 5.49. The quantitative estimate of drug-likeness (QED) is 0.845. The summed E-state index contributed by atoms with van der Waals surface area (Å²) in [7, 11) is 1.67. The Hall–Kier alpha value is -1.36. The Morgan fingerprint density at radius 2 is 2.15 bits per heavy atom. The van der Waals surface area contributed by atoms with Gasteiger partial charge in [-0.15, -0.1) is 0 Å². The highest BCUT2D eigenvalue weighted by atomic mass is 32.1. The predicted octanol–water partition coefficient (Wildman–Crippen LogP) is 3.75. The van der Waals surface area contributed by atoms with E-state index < -0.39 is 0 Å². The second-order valence-electron chi connectivity index (χ2n) is 4.71. The molecule has 0 fully saturated rings. The average Bonchev–Trinajstić information content (AvgIpc) is 3.01. The Balaban J connectivity index is 2.05. The lowest BCUT2D eigenvalue weighted by Gasteiger charge is -2.23. The maximum absolute atomic E-state index is 6.18. The first-order valence-electron chi connectivity index (χ1n) is 6.76. The minimum absolute atomic E-state index is 0.00945.